The van der Waals surface area contributed by atoms with Crippen molar-refractivity contribution >= 4 is 0 Å². The van der Waals surface area contributed by atoms with Crippen LogP contribution in [0, 0.1) is 0 Å². The molecule has 3 N–H and O–H groups in total. The van der Waals surface area contributed by atoms with E-state index in [4.69, 9.17) is 9.84 Å². The summed E-state index contributed by atoms with van der Waals surface area (Å²) in [5.41, 5.74) is 0.696. The van der Waals surface area contributed by atoms with Gasteiger partial charge in [0.05, 0.1) is 13.2 Å². The zero-order valence-corrected chi connectivity index (χ0v) is 12.1. The van der Waals surface area contributed by atoms with Crippen molar-refractivity contribution in [3.8, 4) is 5.75 Å². The third kappa shape index (κ3) is 3.72. The van der Waals surface area contributed by atoms with Crippen molar-refractivity contribution in [2.24, 2.45) is 0 Å². The molecule has 4 nitrogen and oxygen atoms in total. The van der Waals surface area contributed by atoms with Crippen LogP contribution in [0.2, 0.25) is 0 Å². The molecule has 0 aromatic heterocycles. The van der Waals surface area contributed by atoms with Crippen LogP contribution in [0.5, 0.6) is 5.75 Å². The molecule has 0 heterocycles. The average molecular weight is 279 g/mol. The molecule has 1 aliphatic rings. The molecule has 1 aliphatic carbocycles. The second-order valence-electron chi connectivity index (χ2n) is 5.61. The molecule has 0 amide bonds. The van der Waals surface area contributed by atoms with Crippen LogP contribution in [0.25, 0.3) is 0 Å². The van der Waals surface area contributed by atoms with Crippen LogP contribution in [-0.4, -0.2) is 35.0 Å². The Balaban J connectivity index is 1.97. The van der Waals surface area contributed by atoms with Crippen LogP contribution in [0.1, 0.15) is 38.2 Å². The Bertz CT molecular complexity index is 403. The fourth-order valence-corrected chi connectivity index (χ4v) is 3.01. The number of benzene rings is 1. The summed E-state index contributed by atoms with van der Waals surface area (Å²) in [6.45, 7) is 3.13. The first-order chi connectivity index (χ1) is 9.71. The minimum Gasteiger partial charge on any atom is -0.490 e. The Morgan fingerprint density at radius 2 is 2.05 bits per heavy atom. The highest BCUT2D eigenvalue weighted by Gasteiger charge is 2.36. The van der Waals surface area contributed by atoms with E-state index >= 15 is 0 Å². The third-order valence-corrected chi connectivity index (χ3v) is 4.06. The summed E-state index contributed by atoms with van der Waals surface area (Å²) in [4.78, 5) is 0. The zero-order chi connectivity index (χ0) is 14.4. The highest BCUT2D eigenvalue weighted by molar-refractivity contribution is 5.27. The summed E-state index contributed by atoms with van der Waals surface area (Å²) >= 11 is 0. The van der Waals surface area contributed by atoms with E-state index < -0.39 is 0 Å². The average Bonchev–Trinajstić information content (AvgIpc) is 2.49. The van der Waals surface area contributed by atoms with Gasteiger partial charge >= 0.3 is 0 Å². The van der Waals surface area contributed by atoms with Crippen molar-refractivity contribution in [2.45, 2.75) is 50.9 Å². The summed E-state index contributed by atoms with van der Waals surface area (Å²) in [5, 5.41) is 22.1. The van der Waals surface area contributed by atoms with E-state index in [2.05, 4.69) is 12.2 Å². The summed E-state index contributed by atoms with van der Waals surface area (Å²) in [6.07, 6.45) is 4.05. The monoisotopic (exact) mass is 279 g/mol. The van der Waals surface area contributed by atoms with E-state index in [1.54, 1.807) is 0 Å². The molecule has 4 heteroatoms. The van der Waals surface area contributed by atoms with Crippen LogP contribution < -0.4 is 10.1 Å². The van der Waals surface area contributed by atoms with Gasteiger partial charge in [-0.15, -0.1) is 0 Å². The van der Waals surface area contributed by atoms with E-state index in [9.17, 15) is 5.11 Å². The van der Waals surface area contributed by atoms with Gasteiger partial charge in [-0.1, -0.05) is 19.1 Å². The normalized spacial score (nSPS) is 26.4. The van der Waals surface area contributed by atoms with Gasteiger partial charge in [-0.3, -0.25) is 0 Å². The Kier molecular flexibility index (Phi) is 5.40. The van der Waals surface area contributed by atoms with Gasteiger partial charge < -0.3 is 20.3 Å². The molecule has 2 rings (SSSR count). The standard InChI is InChI=1S/C16H25NO3/c1-2-17-16(12-19)9-3-4-15(10-16)20-14-7-5-13(11-18)6-8-14/h5-8,15,17-19H,2-4,9-12H2,1H3. The molecular weight excluding hydrogens is 254 g/mol. The molecule has 2 unspecified atom stereocenters. The zero-order valence-electron chi connectivity index (χ0n) is 12.1. The second-order valence-corrected chi connectivity index (χ2v) is 5.61. The van der Waals surface area contributed by atoms with Crippen molar-refractivity contribution in [3.05, 3.63) is 29.8 Å². The molecule has 20 heavy (non-hydrogen) atoms. The lowest BCUT2D eigenvalue weighted by Crippen LogP contribution is -2.53. The number of nitrogens with one attached hydrogen (secondary N) is 1. The van der Waals surface area contributed by atoms with E-state index in [0.29, 0.717) is 0 Å². The molecule has 2 atom stereocenters. The van der Waals surface area contributed by atoms with Gasteiger partial charge in [0.25, 0.3) is 0 Å². The predicted molar refractivity (Wildman–Crippen MR) is 78.7 cm³/mol. The van der Waals surface area contributed by atoms with Crippen molar-refractivity contribution in [1.82, 2.24) is 5.32 Å². The van der Waals surface area contributed by atoms with Gasteiger partial charge in [-0.2, -0.15) is 0 Å². The molecule has 1 fully saturated rings. The van der Waals surface area contributed by atoms with Crippen molar-refractivity contribution in [1.29, 1.82) is 0 Å². The quantitative estimate of drug-likeness (QED) is 0.743. The maximum Gasteiger partial charge on any atom is 0.119 e. The Labute approximate surface area is 120 Å². The molecule has 1 aromatic rings. The molecule has 1 aromatic carbocycles. The van der Waals surface area contributed by atoms with Gasteiger partial charge in [0.1, 0.15) is 11.9 Å². The summed E-state index contributed by atoms with van der Waals surface area (Å²) in [7, 11) is 0. The first-order valence-corrected chi connectivity index (χ1v) is 7.44. The molecule has 0 radical (unpaired) electrons. The first kappa shape index (κ1) is 15.3. The summed E-state index contributed by atoms with van der Waals surface area (Å²) < 4.78 is 6.03. The number of ether oxygens (including phenoxy) is 1. The largest absolute Gasteiger partial charge is 0.490 e. The molecule has 0 aliphatic heterocycles. The maximum atomic E-state index is 9.68. The SMILES string of the molecule is CCNC1(CO)CCCC(Oc2ccc(CO)cc2)C1. The minimum absolute atomic E-state index is 0.0533. The molecule has 0 spiro atoms. The van der Waals surface area contributed by atoms with Gasteiger partial charge in [-0.05, 0) is 43.5 Å². The molecule has 112 valence electrons. The number of aliphatic hydroxyl groups is 2. The maximum absolute atomic E-state index is 9.68. The molecule has 1 saturated carbocycles. The second kappa shape index (κ2) is 7.07. The predicted octanol–water partition coefficient (Wildman–Crippen LogP) is 1.84. The van der Waals surface area contributed by atoms with Gasteiger partial charge in [0.2, 0.25) is 0 Å². The van der Waals surface area contributed by atoms with Crippen LogP contribution in [0.15, 0.2) is 24.3 Å². The van der Waals surface area contributed by atoms with E-state index in [-0.39, 0.29) is 24.9 Å². The van der Waals surface area contributed by atoms with Crippen molar-refractivity contribution < 1.29 is 14.9 Å². The third-order valence-electron chi connectivity index (χ3n) is 4.06. The van der Waals surface area contributed by atoms with E-state index in [1.165, 1.54) is 0 Å². The number of hydrogen-bond donors (Lipinski definition) is 3. The van der Waals surface area contributed by atoms with Crippen molar-refractivity contribution in [3.63, 3.8) is 0 Å². The highest BCUT2D eigenvalue weighted by Crippen LogP contribution is 2.31. The van der Waals surface area contributed by atoms with Gasteiger partial charge in [0.15, 0.2) is 0 Å². The van der Waals surface area contributed by atoms with Crippen LogP contribution >= 0.6 is 0 Å². The molecule has 0 saturated heterocycles. The number of rotatable bonds is 6. The topological polar surface area (TPSA) is 61.7 Å². The first-order valence-electron chi connectivity index (χ1n) is 7.44. The number of hydrogen-bond acceptors (Lipinski definition) is 4. The summed E-state index contributed by atoms with van der Waals surface area (Å²) in [5.74, 6) is 0.831. The minimum atomic E-state index is -0.192. The lowest BCUT2D eigenvalue weighted by atomic mass is 9.80. The Hall–Kier alpha value is -1.10. The molecular formula is C16H25NO3. The lowest BCUT2D eigenvalue weighted by molar-refractivity contribution is 0.0520. The van der Waals surface area contributed by atoms with Crippen LogP contribution in [0.4, 0.5) is 0 Å². The Morgan fingerprint density at radius 3 is 2.65 bits per heavy atom. The number of likely N-dealkylation sites (N-methyl/N-ethyl adjacent to an activating group) is 1. The fraction of sp³-hybridized carbons (Fsp3) is 0.625. The van der Waals surface area contributed by atoms with E-state index in [1.807, 2.05) is 24.3 Å². The van der Waals surface area contributed by atoms with Crippen molar-refractivity contribution in [2.75, 3.05) is 13.2 Å². The summed E-state index contributed by atoms with van der Waals surface area (Å²) in [6, 6.07) is 7.55. The smallest absolute Gasteiger partial charge is 0.119 e. The van der Waals surface area contributed by atoms with Gasteiger partial charge in [0, 0.05) is 12.0 Å². The van der Waals surface area contributed by atoms with Gasteiger partial charge in [-0.25, -0.2) is 0 Å². The van der Waals surface area contributed by atoms with Crippen LogP contribution in [0.3, 0.4) is 0 Å². The lowest BCUT2D eigenvalue weighted by Gasteiger charge is -2.40. The fourth-order valence-electron chi connectivity index (χ4n) is 3.01. The van der Waals surface area contributed by atoms with E-state index in [0.717, 1.165) is 43.5 Å². The molecule has 0 bridgehead atoms. The van der Waals surface area contributed by atoms with Crippen LogP contribution in [-0.2, 0) is 6.61 Å². The number of aliphatic hydroxyl groups excluding tert-OH is 2. The highest BCUT2D eigenvalue weighted by atomic mass is 16.5. The Morgan fingerprint density at radius 1 is 1.30 bits per heavy atom.